The van der Waals surface area contributed by atoms with Crippen LogP contribution in [0.2, 0.25) is 0 Å². The van der Waals surface area contributed by atoms with E-state index in [4.69, 9.17) is 0 Å². The predicted octanol–water partition coefficient (Wildman–Crippen LogP) is 2.36. The zero-order valence-electron chi connectivity index (χ0n) is 15.2. The van der Waals surface area contributed by atoms with E-state index in [0.717, 1.165) is 38.4 Å². The molecule has 26 heavy (non-hydrogen) atoms. The van der Waals surface area contributed by atoms with Crippen LogP contribution in [-0.4, -0.2) is 52.5 Å². The van der Waals surface area contributed by atoms with Crippen LogP contribution in [0.4, 0.5) is 0 Å². The fraction of sp³-hybridized carbons (Fsp3) is 0.500. The Labute approximate surface area is 159 Å². The number of hydrogen-bond donors (Lipinski definition) is 1. The van der Waals surface area contributed by atoms with Gasteiger partial charge in [0.05, 0.1) is 12.1 Å². The maximum absolute atomic E-state index is 13.1. The fourth-order valence-corrected chi connectivity index (χ4v) is 5.10. The summed E-state index contributed by atoms with van der Waals surface area (Å²) in [5, 5.41) is 7.68. The van der Waals surface area contributed by atoms with Gasteiger partial charge in [-0.3, -0.25) is 9.48 Å². The van der Waals surface area contributed by atoms with E-state index >= 15 is 0 Å². The summed E-state index contributed by atoms with van der Waals surface area (Å²) in [7, 11) is 1.93. The van der Waals surface area contributed by atoms with Crippen LogP contribution >= 0.6 is 11.8 Å². The molecule has 1 aromatic heterocycles. The molecule has 4 rings (SSSR count). The monoisotopic (exact) mass is 370 g/mol. The fourth-order valence-electron chi connectivity index (χ4n) is 4.05. The number of nitrogens with zero attached hydrogens (tertiary/aromatic N) is 3. The second-order valence-electron chi connectivity index (χ2n) is 7.38. The van der Waals surface area contributed by atoms with Gasteiger partial charge in [-0.05, 0) is 30.0 Å². The van der Waals surface area contributed by atoms with Gasteiger partial charge in [-0.15, -0.1) is 11.8 Å². The highest BCUT2D eigenvalue weighted by atomic mass is 32.2. The standard InChI is InChI=1S/C20H26N4OS/c1-23-13-16(9-22-23)18-10-21-11-19(18)20(25)24-8-7-15(12-24)14-26-17-5-3-2-4-6-17/h2-6,9,13,15,18-19,21H,7-8,10-12,14H2,1H3/t15?,18-,19+/m1/s1. The molecule has 0 bridgehead atoms. The summed E-state index contributed by atoms with van der Waals surface area (Å²) < 4.78 is 1.82. The van der Waals surface area contributed by atoms with E-state index in [1.54, 1.807) is 0 Å². The Morgan fingerprint density at radius 3 is 2.92 bits per heavy atom. The number of rotatable bonds is 5. The van der Waals surface area contributed by atoms with Gasteiger partial charge in [-0.1, -0.05) is 18.2 Å². The third-order valence-corrected chi connectivity index (χ3v) is 6.75. The van der Waals surface area contributed by atoms with Gasteiger partial charge in [-0.25, -0.2) is 0 Å². The first-order valence-electron chi connectivity index (χ1n) is 9.36. The molecule has 2 aliphatic rings. The van der Waals surface area contributed by atoms with Crippen molar-refractivity contribution in [2.75, 3.05) is 31.9 Å². The van der Waals surface area contributed by atoms with E-state index in [1.165, 1.54) is 10.5 Å². The number of likely N-dealkylation sites (tertiary alicyclic amines) is 1. The van der Waals surface area contributed by atoms with E-state index in [1.807, 2.05) is 42.0 Å². The lowest BCUT2D eigenvalue weighted by Gasteiger charge is -2.24. The first-order valence-corrected chi connectivity index (χ1v) is 10.3. The quantitative estimate of drug-likeness (QED) is 0.821. The lowest BCUT2D eigenvalue weighted by atomic mass is 9.90. The average Bonchev–Trinajstić information content (AvgIpc) is 3.40. The topological polar surface area (TPSA) is 50.2 Å². The van der Waals surface area contributed by atoms with Gasteiger partial charge in [0.25, 0.3) is 0 Å². The molecule has 0 saturated carbocycles. The number of carbonyl (C=O) groups is 1. The molecule has 2 aliphatic heterocycles. The molecule has 2 saturated heterocycles. The molecule has 0 aliphatic carbocycles. The van der Waals surface area contributed by atoms with Crippen molar-refractivity contribution in [3.05, 3.63) is 48.3 Å². The van der Waals surface area contributed by atoms with Crippen molar-refractivity contribution in [1.29, 1.82) is 0 Å². The van der Waals surface area contributed by atoms with Crippen molar-refractivity contribution in [2.45, 2.75) is 17.2 Å². The highest BCUT2D eigenvalue weighted by Crippen LogP contribution is 2.32. The molecule has 5 nitrogen and oxygen atoms in total. The molecule has 138 valence electrons. The third-order valence-electron chi connectivity index (χ3n) is 5.51. The summed E-state index contributed by atoms with van der Waals surface area (Å²) in [5.74, 6) is 2.28. The Kier molecular flexibility index (Phi) is 5.31. The molecule has 1 amide bonds. The van der Waals surface area contributed by atoms with Gasteiger partial charge < -0.3 is 10.2 Å². The van der Waals surface area contributed by atoms with Crippen LogP contribution in [0.3, 0.4) is 0 Å². The molecule has 3 heterocycles. The van der Waals surface area contributed by atoms with Gasteiger partial charge in [0, 0.05) is 56.0 Å². The smallest absolute Gasteiger partial charge is 0.227 e. The first kappa shape index (κ1) is 17.6. The normalized spacial score (nSPS) is 25.7. The largest absolute Gasteiger partial charge is 0.342 e. The average molecular weight is 371 g/mol. The SMILES string of the molecule is Cn1cc([C@H]2CNC[C@@H]2C(=O)N2CCC(CSc3ccccc3)C2)cn1. The molecular formula is C20H26N4OS. The Bertz CT molecular complexity index is 747. The Hall–Kier alpha value is -1.79. The van der Waals surface area contributed by atoms with Crippen molar-refractivity contribution < 1.29 is 4.79 Å². The Morgan fingerprint density at radius 2 is 2.15 bits per heavy atom. The van der Waals surface area contributed by atoms with Crippen LogP contribution < -0.4 is 5.32 Å². The maximum atomic E-state index is 13.1. The summed E-state index contributed by atoms with van der Waals surface area (Å²) >= 11 is 1.90. The van der Waals surface area contributed by atoms with Gasteiger partial charge in [0.2, 0.25) is 5.91 Å². The van der Waals surface area contributed by atoms with Crippen LogP contribution in [0.5, 0.6) is 0 Å². The number of nitrogens with one attached hydrogen (secondary N) is 1. The van der Waals surface area contributed by atoms with Gasteiger partial charge in [-0.2, -0.15) is 5.10 Å². The minimum atomic E-state index is 0.0414. The lowest BCUT2D eigenvalue weighted by molar-refractivity contribution is -0.134. The van der Waals surface area contributed by atoms with E-state index in [9.17, 15) is 4.79 Å². The van der Waals surface area contributed by atoms with Crippen molar-refractivity contribution in [2.24, 2.45) is 18.9 Å². The molecule has 1 unspecified atom stereocenters. The first-order chi connectivity index (χ1) is 12.7. The molecule has 0 spiro atoms. The van der Waals surface area contributed by atoms with Gasteiger partial charge >= 0.3 is 0 Å². The zero-order valence-corrected chi connectivity index (χ0v) is 16.0. The summed E-state index contributed by atoms with van der Waals surface area (Å²) in [6, 6.07) is 10.5. The number of benzene rings is 1. The maximum Gasteiger partial charge on any atom is 0.227 e. The van der Waals surface area contributed by atoms with E-state index < -0.39 is 0 Å². The van der Waals surface area contributed by atoms with Gasteiger partial charge in [0.1, 0.15) is 0 Å². The van der Waals surface area contributed by atoms with Crippen molar-refractivity contribution in [3.63, 3.8) is 0 Å². The molecular weight excluding hydrogens is 344 g/mol. The molecule has 0 radical (unpaired) electrons. The zero-order chi connectivity index (χ0) is 17.9. The second kappa shape index (κ2) is 7.84. The van der Waals surface area contributed by atoms with Crippen LogP contribution in [0.25, 0.3) is 0 Å². The highest BCUT2D eigenvalue weighted by molar-refractivity contribution is 7.99. The number of carbonyl (C=O) groups excluding carboxylic acids is 1. The summed E-state index contributed by atoms with van der Waals surface area (Å²) in [5.41, 5.74) is 1.17. The lowest BCUT2D eigenvalue weighted by Crippen LogP contribution is -2.37. The van der Waals surface area contributed by atoms with Crippen LogP contribution in [0.1, 0.15) is 17.9 Å². The highest BCUT2D eigenvalue weighted by Gasteiger charge is 2.39. The summed E-state index contributed by atoms with van der Waals surface area (Å²) in [4.78, 5) is 16.5. The van der Waals surface area contributed by atoms with Crippen molar-refractivity contribution in [1.82, 2.24) is 20.0 Å². The number of aryl methyl sites for hydroxylation is 1. The van der Waals surface area contributed by atoms with Crippen LogP contribution in [-0.2, 0) is 11.8 Å². The number of aromatic nitrogens is 2. The second-order valence-corrected chi connectivity index (χ2v) is 8.47. The predicted molar refractivity (Wildman–Crippen MR) is 104 cm³/mol. The number of amides is 1. The summed E-state index contributed by atoms with van der Waals surface area (Å²) in [6.45, 7) is 3.44. The minimum absolute atomic E-state index is 0.0414. The summed E-state index contributed by atoms with van der Waals surface area (Å²) in [6.07, 6.45) is 5.06. The van der Waals surface area contributed by atoms with E-state index in [2.05, 4.69) is 39.6 Å². The number of thioether (sulfide) groups is 1. The van der Waals surface area contributed by atoms with Crippen LogP contribution in [0.15, 0.2) is 47.6 Å². The Morgan fingerprint density at radius 1 is 1.31 bits per heavy atom. The number of hydrogen-bond acceptors (Lipinski definition) is 4. The van der Waals surface area contributed by atoms with Crippen molar-refractivity contribution >= 4 is 17.7 Å². The van der Waals surface area contributed by atoms with Crippen molar-refractivity contribution in [3.8, 4) is 0 Å². The minimum Gasteiger partial charge on any atom is -0.342 e. The molecule has 2 fully saturated rings. The third kappa shape index (κ3) is 3.81. The van der Waals surface area contributed by atoms with Gasteiger partial charge in [0.15, 0.2) is 0 Å². The molecule has 1 N–H and O–H groups in total. The molecule has 3 atom stereocenters. The molecule has 2 aromatic rings. The molecule has 6 heteroatoms. The van der Waals surface area contributed by atoms with E-state index in [-0.39, 0.29) is 11.8 Å². The molecule has 1 aromatic carbocycles. The van der Waals surface area contributed by atoms with Crippen LogP contribution in [0, 0.1) is 11.8 Å². The Balaban J connectivity index is 1.33. The van der Waals surface area contributed by atoms with E-state index in [0.29, 0.717) is 11.8 Å².